The number of carbonyl (C=O) groups excluding carboxylic acids is 2. The van der Waals surface area contributed by atoms with Crippen molar-refractivity contribution in [2.45, 2.75) is 26.7 Å². The lowest BCUT2D eigenvalue weighted by atomic mass is 10.0. The first-order chi connectivity index (χ1) is 21.4. The number of imidazole rings is 1. The number of hydrogen-bond acceptors (Lipinski definition) is 7. The molecule has 216 valence electrons. The highest BCUT2D eigenvalue weighted by Gasteiger charge is 2.18. The van der Waals surface area contributed by atoms with Crippen molar-refractivity contribution in [1.82, 2.24) is 30.1 Å². The number of carbonyl (C=O) groups is 2. The van der Waals surface area contributed by atoms with Crippen molar-refractivity contribution in [1.29, 1.82) is 0 Å². The molecule has 44 heavy (non-hydrogen) atoms. The van der Waals surface area contributed by atoms with Gasteiger partial charge in [-0.2, -0.15) is 5.10 Å². The molecule has 5 aromatic heterocycles. The normalized spacial score (nSPS) is 11.3. The molecule has 0 radical (unpaired) electrons. The zero-order valence-corrected chi connectivity index (χ0v) is 24.8. The number of rotatable bonds is 8. The number of ketones is 1. The molecule has 10 heteroatoms. The predicted octanol–water partition coefficient (Wildman–Crippen LogP) is 7.24. The fraction of sp³-hybridized carbons (Fsp3) is 0.118. The molecule has 0 aliphatic heterocycles. The summed E-state index contributed by atoms with van der Waals surface area (Å²) >= 11 is 1.43. The number of aryl methyl sites for hydroxylation is 1. The third-order valence-corrected chi connectivity index (χ3v) is 8.70. The van der Waals surface area contributed by atoms with Crippen LogP contribution < -0.4 is 5.32 Å². The van der Waals surface area contributed by atoms with Gasteiger partial charge in [0.1, 0.15) is 11.2 Å². The molecular weight excluding hydrogens is 570 g/mol. The predicted molar refractivity (Wildman–Crippen MR) is 174 cm³/mol. The molecule has 9 nitrogen and oxygen atoms in total. The van der Waals surface area contributed by atoms with Gasteiger partial charge in [-0.15, -0.1) is 11.3 Å². The van der Waals surface area contributed by atoms with E-state index in [1.807, 2.05) is 60.7 Å². The van der Waals surface area contributed by atoms with Crippen molar-refractivity contribution < 1.29 is 9.59 Å². The van der Waals surface area contributed by atoms with E-state index < -0.39 is 0 Å². The Morgan fingerprint density at radius 3 is 2.59 bits per heavy atom. The Hall–Kier alpha value is -5.48. The van der Waals surface area contributed by atoms with E-state index in [0.717, 1.165) is 61.2 Å². The van der Waals surface area contributed by atoms with Crippen molar-refractivity contribution in [3.05, 3.63) is 101 Å². The smallest absolute Gasteiger partial charge is 0.228 e. The highest BCUT2D eigenvalue weighted by Crippen LogP contribution is 2.35. The summed E-state index contributed by atoms with van der Waals surface area (Å²) in [5.74, 6) is 0.567. The van der Waals surface area contributed by atoms with Crippen LogP contribution in [0.5, 0.6) is 0 Å². The topological polar surface area (TPSA) is 129 Å². The first-order valence-corrected chi connectivity index (χ1v) is 15.0. The minimum Gasteiger partial charge on any atom is -0.335 e. The van der Waals surface area contributed by atoms with Crippen molar-refractivity contribution >= 4 is 50.8 Å². The molecule has 3 N–H and O–H groups in total. The average Bonchev–Trinajstić information content (AvgIpc) is 3.79. The summed E-state index contributed by atoms with van der Waals surface area (Å²) in [5.41, 5.74) is 8.28. The highest BCUT2D eigenvalue weighted by molar-refractivity contribution is 7.17. The van der Waals surface area contributed by atoms with Gasteiger partial charge in [-0.25, -0.2) is 9.97 Å². The Morgan fingerprint density at radius 2 is 1.80 bits per heavy atom. The van der Waals surface area contributed by atoms with Crippen LogP contribution in [-0.4, -0.2) is 41.8 Å². The first kappa shape index (κ1) is 27.4. The molecule has 0 atom stereocenters. The monoisotopic (exact) mass is 597 g/mol. The Bertz CT molecular complexity index is 2180. The number of nitrogens with zero attached hydrogens (tertiary/aromatic N) is 4. The quantitative estimate of drug-likeness (QED) is 0.158. The number of H-pyrrole nitrogens is 2. The van der Waals surface area contributed by atoms with Gasteiger partial charge in [0.15, 0.2) is 17.3 Å². The molecule has 0 spiro atoms. The van der Waals surface area contributed by atoms with Crippen LogP contribution in [0.3, 0.4) is 0 Å². The van der Waals surface area contributed by atoms with E-state index in [-0.39, 0.29) is 11.7 Å². The average molecular weight is 598 g/mol. The van der Waals surface area contributed by atoms with E-state index >= 15 is 0 Å². The van der Waals surface area contributed by atoms with Crippen LogP contribution in [0.4, 0.5) is 5.69 Å². The third kappa shape index (κ3) is 5.27. The minimum atomic E-state index is -0.0695. The zero-order chi connectivity index (χ0) is 30.2. The Morgan fingerprint density at radius 1 is 0.932 bits per heavy atom. The Balaban J connectivity index is 1.24. The number of Topliss-reactive ketones (excluding diaryl/α,β-unsaturated/α-hetero) is 1. The fourth-order valence-electron chi connectivity index (χ4n) is 5.26. The fourth-order valence-corrected chi connectivity index (χ4v) is 6.18. The molecule has 7 rings (SSSR count). The van der Waals surface area contributed by atoms with Gasteiger partial charge in [0.05, 0.1) is 28.4 Å². The maximum absolute atomic E-state index is 12.8. The number of hydrogen-bond donors (Lipinski definition) is 3. The number of benzene rings is 2. The van der Waals surface area contributed by atoms with Crippen LogP contribution >= 0.6 is 11.3 Å². The Kier molecular flexibility index (Phi) is 7.03. The highest BCUT2D eigenvalue weighted by atomic mass is 32.1. The molecule has 0 unspecified atom stereocenters. The SMILES string of the molecule is CCc1cc(NC(=O)Cc2ccccc2)cc(-c2cnc3n[nH]c(-c4nc5c(-c6ccc(C(C)=O)s6)cncc5[nH]4)c3c2)c1. The number of aromatic nitrogens is 6. The summed E-state index contributed by atoms with van der Waals surface area (Å²) in [6, 6.07) is 21.6. The first-order valence-electron chi connectivity index (χ1n) is 14.2. The molecular formula is C34H27N7O2S. The second kappa shape index (κ2) is 11.3. The van der Waals surface area contributed by atoms with Gasteiger partial charge in [-0.3, -0.25) is 19.7 Å². The van der Waals surface area contributed by atoms with E-state index in [9.17, 15) is 9.59 Å². The standard InChI is InChI=1S/C34H27N7O2S/c1-3-20-11-22(14-24(12-20)37-30(43)13-21-7-5-4-6-8-21)23-15-25-32(40-41-33(25)36-16-23)34-38-27-18-35-17-26(31(27)39-34)29-10-9-28(44-29)19(2)42/h4-12,14-18H,3,13H2,1-2H3,(H,37,43)(H,38,39)(H,36,40,41). The Labute approximate surface area is 256 Å². The maximum atomic E-state index is 12.8. The summed E-state index contributed by atoms with van der Waals surface area (Å²) in [7, 11) is 0. The van der Waals surface area contributed by atoms with Gasteiger partial charge in [0, 0.05) is 34.1 Å². The number of amides is 1. The summed E-state index contributed by atoms with van der Waals surface area (Å²) in [6.45, 7) is 3.65. The molecule has 2 aromatic carbocycles. The van der Waals surface area contributed by atoms with Crippen LogP contribution in [-0.2, 0) is 17.6 Å². The van der Waals surface area contributed by atoms with Gasteiger partial charge in [-0.05, 0) is 60.4 Å². The van der Waals surface area contributed by atoms with Crippen LogP contribution in [0.1, 0.15) is 34.6 Å². The number of thiophene rings is 1. The summed E-state index contributed by atoms with van der Waals surface area (Å²) in [4.78, 5) is 43.7. The lowest BCUT2D eigenvalue weighted by molar-refractivity contribution is -0.115. The van der Waals surface area contributed by atoms with Crippen molar-refractivity contribution in [2.24, 2.45) is 0 Å². The summed E-state index contributed by atoms with van der Waals surface area (Å²) in [6.07, 6.45) is 6.42. The van der Waals surface area contributed by atoms with E-state index in [4.69, 9.17) is 4.98 Å². The lowest BCUT2D eigenvalue weighted by Crippen LogP contribution is -2.14. The number of anilines is 1. The molecule has 1 amide bonds. The second-order valence-electron chi connectivity index (χ2n) is 10.6. The van der Waals surface area contributed by atoms with Crippen LogP contribution in [0.15, 0.2) is 85.3 Å². The summed E-state index contributed by atoms with van der Waals surface area (Å²) < 4.78 is 0. The van der Waals surface area contributed by atoms with Gasteiger partial charge < -0.3 is 10.3 Å². The number of pyridine rings is 2. The minimum absolute atomic E-state index is 0.0301. The summed E-state index contributed by atoms with van der Waals surface area (Å²) in [5, 5.41) is 11.4. The van der Waals surface area contributed by atoms with Gasteiger partial charge in [-0.1, -0.05) is 43.3 Å². The molecule has 0 aliphatic rings. The molecule has 0 saturated carbocycles. The van der Waals surface area contributed by atoms with Crippen molar-refractivity contribution in [3.8, 4) is 33.1 Å². The van der Waals surface area contributed by atoms with E-state index in [0.29, 0.717) is 28.5 Å². The molecule has 0 fully saturated rings. The number of aromatic amines is 2. The van der Waals surface area contributed by atoms with E-state index in [1.54, 1.807) is 25.5 Å². The van der Waals surface area contributed by atoms with Gasteiger partial charge in [0.25, 0.3) is 0 Å². The van der Waals surface area contributed by atoms with Gasteiger partial charge >= 0.3 is 0 Å². The maximum Gasteiger partial charge on any atom is 0.228 e. The second-order valence-corrected chi connectivity index (χ2v) is 11.6. The van der Waals surface area contributed by atoms with Crippen LogP contribution in [0, 0.1) is 0 Å². The van der Waals surface area contributed by atoms with Crippen molar-refractivity contribution in [3.63, 3.8) is 0 Å². The molecule has 7 aromatic rings. The van der Waals surface area contributed by atoms with E-state index in [2.05, 4.69) is 43.5 Å². The molecule has 0 saturated heterocycles. The van der Waals surface area contributed by atoms with Crippen LogP contribution in [0.25, 0.3) is 55.2 Å². The number of nitrogens with one attached hydrogen (secondary N) is 3. The lowest BCUT2D eigenvalue weighted by Gasteiger charge is -2.11. The largest absolute Gasteiger partial charge is 0.335 e. The van der Waals surface area contributed by atoms with E-state index in [1.165, 1.54) is 11.3 Å². The zero-order valence-electron chi connectivity index (χ0n) is 24.0. The molecule has 5 heterocycles. The molecule has 0 bridgehead atoms. The molecule has 0 aliphatic carbocycles. The van der Waals surface area contributed by atoms with Gasteiger partial charge in [0.2, 0.25) is 5.91 Å². The van der Waals surface area contributed by atoms with Crippen molar-refractivity contribution in [2.75, 3.05) is 5.32 Å². The third-order valence-electron chi connectivity index (χ3n) is 7.48. The van der Waals surface area contributed by atoms with Crippen LogP contribution in [0.2, 0.25) is 0 Å². The number of fused-ring (bicyclic) bond motifs is 2.